The Morgan fingerprint density at radius 2 is 1.93 bits per heavy atom. The van der Waals surface area contributed by atoms with Crippen LogP contribution in [-0.2, 0) is 29.0 Å². The van der Waals surface area contributed by atoms with Crippen LogP contribution in [0.15, 0.2) is 0 Å². The molecule has 3 atom stereocenters. The van der Waals surface area contributed by atoms with Crippen molar-refractivity contribution in [2.24, 2.45) is 0 Å². The zero-order valence-electron chi connectivity index (χ0n) is 8.01. The zero-order valence-corrected chi connectivity index (χ0v) is 8.01. The second kappa shape index (κ2) is 5.01. The molecule has 14 heavy (non-hydrogen) atoms. The Labute approximate surface area is 81.8 Å². The highest BCUT2D eigenvalue weighted by atomic mass is 17.3. The molecular weight excluding hydrogens is 192 g/mol. The van der Waals surface area contributed by atoms with E-state index < -0.39 is 0 Å². The Kier molecular flexibility index (Phi) is 3.68. The molecule has 0 bridgehead atoms. The molecule has 2 saturated heterocycles. The highest BCUT2D eigenvalue weighted by molar-refractivity contribution is 4.52. The fraction of sp³-hybridized carbons (Fsp3) is 1.00. The average molecular weight is 206 g/mol. The van der Waals surface area contributed by atoms with Crippen molar-refractivity contribution in [1.29, 1.82) is 0 Å². The third kappa shape index (κ3) is 2.88. The van der Waals surface area contributed by atoms with Gasteiger partial charge in [0.05, 0.1) is 0 Å². The molecular formula is C8H14O6. The SMILES string of the molecule is C[C@@H]1OO[C@@H](CCCC2OCOO2)O1. The van der Waals surface area contributed by atoms with E-state index in [0.717, 1.165) is 19.3 Å². The van der Waals surface area contributed by atoms with E-state index in [4.69, 9.17) is 24.1 Å². The van der Waals surface area contributed by atoms with Gasteiger partial charge in [0.1, 0.15) is 0 Å². The molecule has 0 amide bonds. The molecule has 1 unspecified atom stereocenters. The largest absolute Gasteiger partial charge is 0.320 e. The van der Waals surface area contributed by atoms with Crippen LogP contribution in [0.25, 0.3) is 0 Å². The van der Waals surface area contributed by atoms with Gasteiger partial charge in [0.25, 0.3) is 0 Å². The lowest BCUT2D eigenvalue weighted by Gasteiger charge is -2.08. The minimum Gasteiger partial charge on any atom is -0.320 e. The van der Waals surface area contributed by atoms with Crippen molar-refractivity contribution in [3.8, 4) is 0 Å². The standard InChI is InChI=1S/C8H14O6/c1-6-11-8(14-12-6)4-2-3-7-9-5-10-13-7/h6-8H,2-5H2,1H3/t6-,7?,8-/m0/s1. The van der Waals surface area contributed by atoms with Gasteiger partial charge in [0.2, 0.25) is 0 Å². The lowest BCUT2D eigenvalue weighted by Crippen LogP contribution is -2.12. The lowest BCUT2D eigenvalue weighted by atomic mass is 10.2. The van der Waals surface area contributed by atoms with E-state index in [2.05, 4.69) is 4.89 Å². The van der Waals surface area contributed by atoms with E-state index in [1.807, 2.05) is 0 Å². The van der Waals surface area contributed by atoms with E-state index in [-0.39, 0.29) is 25.7 Å². The van der Waals surface area contributed by atoms with Crippen LogP contribution in [0.3, 0.4) is 0 Å². The fourth-order valence-electron chi connectivity index (χ4n) is 1.33. The van der Waals surface area contributed by atoms with Crippen LogP contribution in [0, 0.1) is 0 Å². The average Bonchev–Trinajstić information content (AvgIpc) is 2.77. The summed E-state index contributed by atoms with van der Waals surface area (Å²) in [6, 6.07) is 0. The van der Waals surface area contributed by atoms with Gasteiger partial charge in [-0.1, -0.05) is 0 Å². The third-order valence-corrected chi connectivity index (χ3v) is 2.00. The van der Waals surface area contributed by atoms with E-state index in [0.29, 0.717) is 0 Å². The number of hydrogen-bond donors (Lipinski definition) is 0. The van der Waals surface area contributed by atoms with Gasteiger partial charge in [0.15, 0.2) is 25.7 Å². The summed E-state index contributed by atoms with van der Waals surface area (Å²) in [5, 5.41) is 0. The summed E-state index contributed by atoms with van der Waals surface area (Å²) in [5.41, 5.74) is 0. The summed E-state index contributed by atoms with van der Waals surface area (Å²) in [5.74, 6) is 0. The Morgan fingerprint density at radius 3 is 2.57 bits per heavy atom. The van der Waals surface area contributed by atoms with Gasteiger partial charge in [0, 0.05) is 12.8 Å². The zero-order chi connectivity index (χ0) is 9.80. The van der Waals surface area contributed by atoms with Crippen LogP contribution >= 0.6 is 0 Å². The normalized spacial score (nSPS) is 37.9. The quantitative estimate of drug-likeness (QED) is 0.641. The summed E-state index contributed by atoms with van der Waals surface area (Å²) < 4.78 is 10.4. The van der Waals surface area contributed by atoms with Crippen LogP contribution in [0.2, 0.25) is 0 Å². The molecule has 0 aromatic carbocycles. The Morgan fingerprint density at radius 1 is 1.07 bits per heavy atom. The highest BCUT2D eigenvalue weighted by Crippen LogP contribution is 2.19. The van der Waals surface area contributed by atoms with Crippen LogP contribution < -0.4 is 0 Å². The Hall–Kier alpha value is -0.240. The molecule has 2 heterocycles. The van der Waals surface area contributed by atoms with Crippen molar-refractivity contribution in [3.63, 3.8) is 0 Å². The molecule has 0 spiro atoms. The number of ether oxygens (including phenoxy) is 2. The minimum atomic E-state index is -0.276. The first-order chi connectivity index (χ1) is 6.84. The maximum absolute atomic E-state index is 5.27. The fourth-order valence-corrected chi connectivity index (χ4v) is 1.33. The molecule has 0 radical (unpaired) electrons. The first kappa shape index (κ1) is 10.3. The monoisotopic (exact) mass is 206 g/mol. The van der Waals surface area contributed by atoms with Gasteiger partial charge in [-0.3, -0.25) is 0 Å². The second-order valence-corrected chi connectivity index (χ2v) is 3.18. The molecule has 0 aromatic rings. The van der Waals surface area contributed by atoms with Crippen LogP contribution in [0.4, 0.5) is 0 Å². The smallest absolute Gasteiger partial charge is 0.194 e. The lowest BCUT2D eigenvalue weighted by molar-refractivity contribution is -0.295. The first-order valence-corrected chi connectivity index (χ1v) is 4.72. The summed E-state index contributed by atoms with van der Waals surface area (Å²) in [7, 11) is 0. The van der Waals surface area contributed by atoms with Gasteiger partial charge < -0.3 is 9.47 Å². The predicted molar refractivity (Wildman–Crippen MR) is 42.3 cm³/mol. The molecule has 6 heteroatoms. The second-order valence-electron chi connectivity index (χ2n) is 3.18. The Bertz CT molecular complexity index is 169. The van der Waals surface area contributed by atoms with Crippen molar-refractivity contribution in [2.75, 3.05) is 6.79 Å². The van der Waals surface area contributed by atoms with Crippen LogP contribution in [0.5, 0.6) is 0 Å². The van der Waals surface area contributed by atoms with E-state index in [1.165, 1.54) is 0 Å². The number of hydrogen-bond acceptors (Lipinski definition) is 6. The minimum absolute atomic E-state index is 0.210. The van der Waals surface area contributed by atoms with Gasteiger partial charge >= 0.3 is 0 Å². The summed E-state index contributed by atoms with van der Waals surface area (Å²) in [4.78, 5) is 19.1. The topological polar surface area (TPSA) is 55.4 Å². The van der Waals surface area contributed by atoms with Crippen molar-refractivity contribution in [2.45, 2.75) is 45.1 Å². The highest BCUT2D eigenvalue weighted by Gasteiger charge is 2.25. The first-order valence-electron chi connectivity index (χ1n) is 4.72. The van der Waals surface area contributed by atoms with Crippen molar-refractivity contribution in [3.05, 3.63) is 0 Å². The van der Waals surface area contributed by atoms with Gasteiger partial charge in [-0.05, 0) is 13.3 Å². The van der Waals surface area contributed by atoms with E-state index in [9.17, 15) is 0 Å². The molecule has 2 aliphatic rings. The molecule has 0 aliphatic carbocycles. The van der Waals surface area contributed by atoms with Crippen LogP contribution in [-0.4, -0.2) is 25.7 Å². The summed E-state index contributed by atoms with van der Waals surface area (Å²) in [6.45, 7) is 2.00. The van der Waals surface area contributed by atoms with Crippen LogP contribution in [0.1, 0.15) is 26.2 Å². The molecule has 2 fully saturated rings. The maximum Gasteiger partial charge on any atom is 0.194 e. The van der Waals surface area contributed by atoms with Gasteiger partial charge in [-0.25, -0.2) is 19.6 Å². The van der Waals surface area contributed by atoms with E-state index >= 15 is 0 Å². The maximum atomic E-state index is 5.27. The van der Waals surface area contributed by atoms with E-state index in [1.54, 1.807) is 6.92 Å². The molecule has 2 rings (SSSR count). The Balaban J connectivity index is 1.54. The molecule has 82 valence electrons. The third-order valence-electron chi connectivity index (χ3n) is 2.00. The number of rotatable bonds is 4. The van der Waals surface area contributed by atoms with Gasteiger partial charge in [-0.2, -0.15) is 0 Å². The molecule has 0 aromatic heterocycles. The van der Waals surface area contributed by atoms with Gasteiger partial charge in [-0.15, -0.1) is 0 Å². The molecule has 0 N–H and O–H groups in total. The van der Waals surface area contributed by atoms with Crippen molar-refractivity contribution >= 4 is 0 Å². The van der Waals surface area contributed by atoms with Crippen molar-refractivity contribution < 1.29 is 29.0 Å². The summed E-state index contributed by atoms with van der Waals surface area (Å²) in [6.07, 6.45) is 1.59. The van der Waals surface area contributed by atoms with Crippen molar-refractivity contribution in [1.82, 2.24) is 0 Å². The molecule has 2 aliphatic heterocycles. The summed E-state index contributed by atoms with van der Waals surface area (Å²) >= 11 is 0. The molecule has 0 saturated carbocycles. The molecule has 6 nitrogen and oxygen atoms in total. The predicted octanol–water partition coefficient (Wildman–Crippen LogP) is 1.07.